The van der Waals surface area contributed by atoms with Gasteiger partial charge in [0.2, 0.25) is 0 Å². The van der Waals surface area contributed by atoms with Crippen molar-refractivity contribution in [2.45, 2.75) is 26.8 Å². The Hall–Kier alpha value is -0.900. The lowest BCUT2D eigenvalue weighted by atomic mass is 9.95. The molecule has 1 aromatic carbocycles. The zero-order valence-corrected chi connectivity index (χ0v) is 12.0. The highest BCUT2D eigenvalue weighted by molar-refractivity contribution is 5.19. The minimum atomic E-state index is 0.0519. The Morgan fingerprint density at radius 3 is 2.22 bits per heavy atom. The third-order valence-corrected chi connectivity index (χ3v) is 3.12. The van der Waals surface area contributed by atoms with Crippen LogP contribution in [0.1, 0.15) is 32.4 Å². The molecule has 0 aliphatic carbocycles. The molecule has 1 rings (SSSR count). The molecular weight excluding hydrogens is 224 g/mol. The molecule has 0 aliphatic heterocycles. The minimum Gasteiger partial charge on any atom is -0.324 e. The molecule has 0 saturated heterocycles. The topological polar surface area (TPSA) is 38.5 Å². The predicted octanol–water partition coefficient (Wildman–Crippen LogP) is 2.84. The molecule has 3 heteroatoms. The molecule has 0 heterocycles. The van der Waals surface area contributed by atoms with Gasteiger partial charge >= 0.3 is 0 Å². The van der Waals surface area contributed by atoms with Crippen LogP contribution < -0.4 is 5.73 Å². The van der Waals surface area contributed by atoms with Crippen molar-refractivity contribution in [1.29, 1.82) is 0 Å². The Labute approximate surface area is 111 Å². The van der Waals surface area contributed by atoms with Gasteiger partial charge in [-0.3, -0.25) is 0 Å². The molecule has 18 heavy (non-hydrogen) atoms. The van der Waals surface area contributed by atoms with Crippen LogP contribution in [0.4, 0.5) is 0 Å². The van der Waals surface area contributed by atoms with E-state index in [1.165, 1.54) is 5.56 Å². The molecule has 3 nitrogen and oxygen atoms in total. The predicted molar refractivity (Wildman–Crippen MR) is 76.0 cm³/mol. The molecule has 2 N–H and O–H groups in total. The summed E-state index contributed by atoms with van der Waals surface area (Å²) in [6, 6.07) is 10.3. The van der Waals surface area contributed by atoms with Gasteiger partial charge in [0.1, 0.15) is 0 Å². The molecule has 0 fully saturated rings. The van der Waals surface area contributed by atoms with E-state index in [0.717, 1.165) is 13.1 Å². The summed E-state index contributed by atoms with van der Waals surface area (Å²) in [5.41, 5.74) is 7.48. The Kier molecular flexibility index (Phi) is 6.33. The summed E-state index contributed by atoms with van der Waals surface area (Å²) in [4.78, 5) is 5.40. The van der Waals surface area contributed by atoms with Crippen LogP contribution in [-0.4, -0.2) is 25.3 Å². The van der Waals surface area contributed by atoms with Gasteiger partial charge in [-0.25, -0.2) is 0 Å². The second-order valence-corrected chi connectivity index (χ2v) is 5.34. The fourth-order valence-corrected chi connectivity index (χ4v) is 2.07. The van der Waals surface area contributed by atoms with Gasteiger partial charge in [0, 0.05) is 19.1 Å². The fraction of sp³-hybridized carbons (Fsp3) is 0.600. The summed E-state index contributed by atoms with van der Waals surface area (Å²) in [6.07, 6.45) is 0. The number of rotatable bonds is 7. The van der Waals surface area contributed by atoms with E-state index in [2.05, 4.69) is 32.9 Å². The number of nitrogens with two attached hydrogens (primary N) is 1. The molecule has 2 unspecified atom stereocenters. The Morgan fingerprint density at radius 2 is 1.72 bits per heavy atom. The molecule has 0 spiro atoms. The van der Waals surface area contributed by atoms with E-state index in [1.807, 2.05) is 23.3 Å². The van der Waals surface area contributed by atoms with Crippen molar-refractivity contribution < 1.29 is 4.84 Å². The molecule has 0 amide bonds. The zero-order valence-electron chi connectivity index (χ0n) is 12.0. The van der Waals surface area contributed by atoms with Gasteiger partial charge in [0.05, 0.1) is 7.11 Å². The summed E-state index contributed by atoms with van der Waals surface area (Å²) in [7, 11) is 1.73. The highest BCUT2D eigenvalue weighted by atomic mass is 16.7. The van der Waals surface area contributed by atoms with Crippen molar-refractivity contribution >= 4 is 0 Å². The Morgan fingerprint density at radius 1 is 1.11 bits per heavy atom. The summed E-state index contributed by atoms with van der Waals surface area (Å²) >= 11 is 0. The lowest BCUT2D eigenvalue weighted by Gasteiger charge is -2.28. The number of hydroxylamine groups is 2. The summed E-state index contributed by atoms with van der Waals surface area (Å²) in [5.74, 6) is 0.941. The van der Waals surface area contributed by atoms with Crippen molar-refractivity contribution in [3.63, 3.8) is 0 Å². The first kappa shape index (κ1) is 15.2. The average Bonchev–Trinajstić information content (AvgIpc) is 2.37. The average molecular weight is 250 g/mol. The lowest BCUT2D eigenvalue weighted by molar-refractivity contribution is -0.146. The molecule has 1 aromatic rings. The van der Waals surface area contributed by atoms with Crippen LogP contribution in [0.3, 0.4) is 0 Å². The second kappa shape index (κ2) is 7.52. The largest absolute Gasteiger partial charge is 0.324 e. The van der Waals surface area contributed by atoms with E-state index in [-0.39, 0.29) is 6.04 Å². The van der Waals surface area contributed by atoms with E-state index in [4.69, 9.17) is 10.6 Å². The van der Waals surface area contributed by atoms with Crippen LogP contribution >= 0.6 is 0 Å². The first-order valence-corrected chi connectivity index (χ1v) is 6.64. The quantitative estimate of drug-likeness (QED) is 0.756. The monoisotopic (exact) mass is 250 g/mol. The summed E-state index contributed by atoms with van der Waals surface area (Å²) in [6.45, 7) is 8.33. The molecule has 0 bridgehead atoms. The first-order valence-electron chi connectivity index (χ1n) is 6.64. The number of nitrogens with zero attached hydrogens (tertiary/aromatic N) is 1. The van der Waals surface area contributed by atoms with Crippen molar-refractivity contribution in [1.82, 2.24) is 5.06 Å². The van der Waals surface area contributed by atoms with E-state index in [9.17, 15) is 0 Å². The van der Waals surface area contributed by atoms with E-state index < -0.39 is 0 Å². The highest BCUT2D eigenvalue weighted by Gasteiger charge is 2.18. The van der Waals surface area contributed by atoms with E-state index in [0.29, 0.717) is 11.8 Å². The van der Waals surface area contributed by atoms with Crippen LogP contribution in [0, 0.1) is 11.8 Å². The molecule has 0 saturated carbocycles. The van der Waals surface area contributed by atoms with E-state index in [1.54, 1.807) is 7.11 Å². The van der Waals surface area contributed by atoms with Crippen molar-refractivity contribution in [2.75, 3.05) is 20.2 Å². The zero-order chi connectivity index (χ0) is 13.5. The Bertz CT molecular complexity index is 327. The maximum atomic E-state index is 6.29. The van der Waals surface area contributed by atoms with Crippen molar-refractivity contribution in [2.24, 2.45) is 17.6 Å². The maximum Gasteiger partial charge on any atom is 0.0575 e. The van der Waals surface area contributed by atoms with Crippen LogP contribution in [0.25, 0.3) is 0 Å². The van der Waals surface area contributed by atoms with Gasteiger partial charge in [-0.05, 0) is 17.4 Å². The SMILES string of the molecule is CON(CC(C)C)CC(C)C(N)c1ccccc1. The third kappa shape index (κ3) is 4.77. The van der Waals surface area contributed by atoms with Crippen molar-refractivity contribution in [3.05, 3.63) is 35.9 Å². The molecule has 0 aliphatic rings. The first-order chi connectivity index (χ1) is 8.54. The summed E-state index contributed by atoms with van der Waals surface area (Å²) in [5, 5.41) is 2.00. The van der Waals surface area contributed by atoms with Crippen molar-refractivity contribution in [3.8, 4) is 0 Å². The van der Waals surface area contributed by atoms with Gasteiger partial charge in [-0.1, -0.05) is 51.1 Å². The second-order valence-electron chi connectivity index (χ2n) is 5.34. The molecule has 0 radical (unpaired) electrons. The lowest BCUT2D eigenvalue weighted by Crippen LogP contribution is -2.35. The third-order valence-electron chi connectivity index (χ3n) is 3.12. The van der Waals surface area contributed by atoms with E-state index >= 15 is 0 Å². The summed E-state index contributed by atoms with van der Waals surface area (Å²) < 4.78 is 0. The molecular formula is C15H26N2O. The fourth-order valence-electron chi connectivity index (χ4n) is 2.07. The van der Waals surface area contributed by atoms with Gasteiger partial charge < -0.3 is 10.6 Å². The van der Waals surface area contributed by atoms with Crippen LogP contribution in [0.2, 0.25) is 0 Å². The standard InChI is InChI=1S/C15H26N2O/c1-12(2)10-17(18-4)11-13(3)15(16)14-8-6-5-7-9-14/h5-9,12-13,15H,10-11,16H2,1-4H3. The van der Waals surface area contributed by atoms with Gasteiger partial charge in [0.15, 0.2) is 0 Å². The number of hydrogen-bond donors (Lipinski definition) is 1. The minimum absolute atomic E-state index is 0.0519. The van der Waals surface area contributed by atoms with Gasteiger partial charge in [-0.15, -0.1) is 0 Å². The van der Waals surface area contributed by atoms with Crippen LogP contribution in [-0.2, 0) is 4.84 Å². The highest BCUT2D eigenvalue weighted by Crippen LogP contribution is 2.20. The molecule has 102 valence electrons. The van der Waals surface area contributed by atoms with Gasteiger partial charge in [0.25, 0.3) is 0 Å². The maximum absolute atomic E-state index is 6.29. The molecule has 0 aromatic heterocycles. The smallest absolute Gasteiger partial charge is 0.0575 e. The Balaban J connectivity index is 2.56. The normalized spacial score (nSPS) is 15.1. The molecule has 2 atom stereocenters. The van der Waals surface area contributed by atoms with Crippen LogP contribution in [0.5, 0.6) is 0 Å². The number of benzene rings is 1. The number of hydrogen-bond acceptors (Lipinski definition) is 3. The van der Waals surface area contributed by atoms with Crippen LogP contribution in [0.15, 0.2) is 30.3 Å². The van der Waals surface area contributed by atoms with Gasteiger partial charge in [-0.2, -0.15) is 5.06 Å².